The van der Waals surface area contributed by atoms with E-state index >= 15 is 0 Å². The van der Waals surface area contributed by atoms with Gasteiger partial charge >= 0.3 is 0 Å². The molecule has 5 heteroatoms. The molecule has 0 aliphatic rings. The van der Waals surface area contributed by atoms with Crippen LogP contribution in [0.15, 0.2) is 12.1 Å². The quantitative estimate of drug-likeness (QED) is 0.562. The summed E-state index contributed by atoms with van der Waals surface area (Å²) in [5.41, 5.74) is 1.44. The van der Waals surface area contributed by atoms with E-state index < -0.39 is 4.92 Å². The summed E-state index contributed by atoms with van der Waals surface area (Å²) >= 11 is 5.89. The number of benzene rings is 1. The minimum absolute atomic E-state index is 0.0460. The van der Waals surface area contributed by atoms with Crippen LogP contribution in [0.2, 0.25) is 5.02 Å². The van der Waals surface area contributed by atoms with E-state index in [-0.39, 0.29) is 10.7 Å². The Morgan fingerprint density at radius 1 is 1.43 bits per heavy atom. The van der Waals surface area contributed by atoms with Gasteiger partial charge in [-0.3, -0.25) is 10.1 Å². The highest BCUT2D eigenvalue weighted by atomic mass is 35.5. The van der Waals surface area contributed by atoms with Gasteiger partial charge in [-0.05, 0) is 18.6 Å². The number of aryl methyl sites for hydroxylation is 1. The fourth-order valence-corrected chi connectivity index (χ4v) is 1.54. The molecule has 0 N–H and O–H groups in total. The van der Waals surface area contributed by atoms with Crippen LogP contribution in [-0.2, 0) is 0 Å². The minimum Gasteiger partial charge on any atom is -0.376 e. The fourth-order valence-electron chi connectivity index (χ4n) is 1.19. The zero-order valence-corrected chi connectivity index (χ0v) is 9.00. The molecule has 0 fully saturated rings. The summed E-state index contributed by atoms with van der Waals surface area (Å²) in [6.45, 7) is 1.80. The van der Waals surface area contributed by atoms with Gasteiger partial charge in [0, 0.05) is 20.2 Å². The molecule has 4 nitrogen and oxygen atoms in total. The molecule has 76 valence electrons. The Kier molecular flexibility index (Phi) is 2.96. The van der Waals surface area contributed by atoms with Crippen molar-refractivity contribution in [1.29, 1.82) is 0 Å². The second-order valence-electron chi connectivity index (χ2n) is 3.27. The van der Waals surface area contributed by atoms with Crippen molar-refractivity contribution >= 4 is 23.0 Å². The molecule has 0 amide bonds. The van der Waals surface area contributed by atoms with Crippen LogP contribution in [0, 0.1) is 17.0 Å². The van der Waals surface area contributed by atoms with Gasteiger partial charge in [-0.2, -0.15) is 0 Å². The summed E-state index contributed by atoms with van der Waals surface area (Å²) in [7, 11) is 3.59. The molecule has 0 atom stereocenters. The van der Waals surface area contributed by atoms with Gasteiger partial charge in [0.25, 0.3) is 5.69 Å². The lowest BCUT2D eigenvalue weighted by molar-refractivity contribution is -0.384. The maximum absolute atomic E-state index is 10.7. The Balaban J connectivity index is 3.40. The second-order valence-corrected chi connectivity index (χ2v) is 3.65. The SMILES string of the molecule is Cc1cc(N(C)C)c(Cl)c([N+](=O)[O-])c1. The van der Waals surface area contributed by atoms with Crippen LogP contribution in [0.4, 0.5) is 11.4 Å². The van der Waals surface area contributed by atoms with Crippen LogP contribution in [-0.4, -0.2) is 19.0 Å². The lowest BCUT2D eigenvalue weighted by Crippen LogP contribution is -2.10. The Bertz CT molecular complexity index is 377. The van der Waals surface area contributed by atoms with Crippen molar-refractivity contribution in [1.82, 2.24) is 0 Å². The summed E-state index contributed by atoms with van der Waals surface area (Å²) in [5.74, 6) is 0. The molecule has 0 heterocycles. The molecular weight excluding hydrogens is 204 g/mol. The van der Waals surface area contributed by atoms with Gasteiger partial charge in [-0.1, -0.05) is 11.6 Å². The van der Waals surface area contributed by atoms with E-state index in [0.29, 0.717) is 5.69 Å². The highest BCUT2D eigenvalue weighted by Crippen LogP contribution is 2.34. The van der Waals surface area contributed by atoms with Crippen molar-refractivity contribution in [3.63, 3.8) is 0 Å². The molecular formula is C9H11ClN2O2. The molecule has 0 radical (unpaired) electrons. The second kappa shape index (κ2) is 3.84. The molecule has 0 saturated heterocycles. The van der Waals surface area contributed by atoms with E-state index in [1.165, 1.54) is 6.07 Å². The molecule has 1 aromatic carbocycles. The Hall–Kier alpha value is -1.29. The topological polar surface area (TPSA) is 46.4 Å². The van der Waals surface area contributed by atoms with Gasteiger partial charge in [0.15, 0.2) is 0 Å². The van der Waals surface area contributed by atoms with Gasteiger partial charge in [0.2, 0.25) is 0 Å². The summed E-state index contributed by atoms with van der Waals surface area (Å²) in [6, 6.07) is 3.28. The predicted molar refractivity (Wildman–Crippen MR) is 57.2 cm³/mol. The first kappa shape index (κ1) is 10.8. The molecule has 0 spiro atoms. The van der Waals surface area contributed by atoms with E-state index in [2.05, 4.69) is 0 Å². The molecule has 14 heavy (non-hydrogen) atoms. The van der Waals surface area contributed by atoms with Crippen LogP contribution >= 0.6 is 11.6 Å². The number of halogens is 1. The van der Waals surface area contributed by atoms with Gasteiger partial charge in [-0.25, -0.2) is 0 Å². The maximum atomic E-state index is 10.7. The number of hydrogen-bond acceptors (Lipinski definition) is 3. The third kappa shape index (κ3) is 1.96. The number of nitrogens with zero attached hydrogens (tertiary/aromatic N) is 2. The van der Waals surface area contributed by atoms with Crippen LogP contribution in [0.5, 0.6) is 0 Å². The molecule has 1 aromatic rings. The molecule has 0 aromatic heterocycles. The number of nitro groups is 1. The maximum Gasteiger partial charge on any atom is 0.290 e. The van der Waals surface area contributed by atoms with Crippen molar-refractivity contribution in [3.05, 3.63) is 32.8 Å². The van der Waals surface area contributed by atoms with E-state index in [4.69, 9.17) is 11.6 Å². The van der Waals surface area contributed by atoms with Crippen molar-refractivity contribution in [2.75, 3.05) is 19.0 Å². The normalized spacial score (nSPS) is 10.0. The summed E-state index contributed by atoms with van der Waals surface area (Å²) < 4.78 is 0. The average Bonchev–Trinajstić information content (AvgIpc) is 2.07. The zero-order chi connectivity index (χ0) is 10.9. The van der Waals surface area contributed by atoms with Gasteiger partial charge in [0.05, 0.1) is 10.6 Å². The van der Waals surface area contributed by atoms with E-state index in [0.717, 1.165) is 5.56 Å². The first-order valence-electron chi connectivity index (χ1n) is 4.05. The molecule has 1 rings (SSSR count). The standard InChI is InChI=1S/C9H11ClN2O2/c1-6-4-7(11(2)3)9(10)8(5-6)12(13)14/h4-5H,1-3H3. The molecule has 0 saturated carbocycles. The monoisotopic (exact) mass is 214 g/mol. The lowest BCUT2D eigenvalue weighted by Gasteiger charge is -2.14. The summed E-state index contributed by atoms with van der Waals surface area (Å²) in [6.07, 6.45) is 0. The Morgan fingerprint density at radius 2 is 2.00 bits per heavy atom. The Labute approximate surface area is 87.2 Å². The number of nitro benzene ring substituents is 1. The van der Waals surface area contributed by atoms with E-state index in [1.807, 2.05) is 6.07 Å². The predicted octanol–water partition coefficient (Wildman–Crippen LogP) is 2.62. The smallest absolute Gasteiger partial charge is 0.290 e. The third-order valence-electron chi connectivity index (χ3n) is 1.86. The number of anilines is 1. The van der Waals surface area contributed by atoms with Crippen molar-refractivity contribution in [2.24, 2.45) is 0 Å². The Morgan fingerprint density at radius 3 is 2.43 bits per heavy atom. The largest absolute Gasteiger partial charge is 0.376 e. The minimum atomic E-state index is -0.470. The summed E-state index contributed by atoms with van der Waals surface area (Å²) in [4.78, 5) is 11.9. The number of rotatable bonds is 2. The van der Waals surface area contributed by atoms with Crippen molar-refractivity contribution < 1.29 is 4.92 Å². The average molecular weight is 215 g/mol. The van der Waals surface area contributed by atoms with Gasteiger partial charge in [-0.15, -0.1) is 0 Å². The van der Waals surface area contributed by atoms with E-state index in [9.17, 15) is 10.1 Å². The summed E-state index contributed by atoms with van der Waals surface area (Å²) in [5, 5.41) is 10.8. The number of hydrogen-bond donors (Lipinski definition) is 0. The van der Waals surface area contributed by atoms with E-state index in [1.54, 1.807) is 25.9 Å². The zero-order valence-electron chi connectivity index (χ0n) is 8.24. The van der Waals surface area contributed by atoms with Crippen LogP contribution in [0.3, 0.4) is 0 Å². The molecule has 0 bridgehead atoms. The van der Waals surface area contributed by atoms with Gasteiger partial charge in [0.1, 0.15) is 5.02 Å². The fraction of sp³-hybridized carbons (Fsp3) is 0.333. The molecule has 0 aliphatic carbocycles. The lowest BCUT2D eigenvalue weighted by atomic mass is 10.2. The molecule has 0 unspecified atom stereocenters. The van der Waals surface area contributed by atoms with Crippen molar-refractivity contribution in [3.8, 4) is 0 Å². The first-order chi connectivity index (χ1) is 6.43. The molecule has 0 aliphatic heterocycles. The van der Waals surface area contributed by atoms with Crippen LogP contribution in [0.25, 0.3) is 0 Å². The third-order valence-corrected chi connectivity index (χ3v) is 2.24. The van der Waals surface area contributed by atoms with Gasteiger partial charge < -0.3 is 4.90 Å². The highest BCUT2D eigenvalue weighted by Gasteiger charge is 2.17. The van der Waals surface area contributed by atoms with Crippen LogP contribution in [0.1, 0.15) is 5.56 Å². The van der Waals surface area contributed by atoms with Crippen molar-refractivity contribution in [2.45, 2.75) is 6.92 Å². The highest BCUT2D eigenvalue weighted by molar-refractivity contribution is 6.35. The first-order valence-corrected chi connectivity index (χ1v) is 4.43. The van der Waals surface area contributed by atoms with Crippen LogP contribution < -0.4 is 4.90 Å².